The molecule has 0 radical (unpaired) electrons. The minimum Gasteiger partial charge on any atom is -0.493 e. The van der Waals surface area contributed by atoms with Crippen molar-refractivity contribution in [3.05, 3.63) is 29.3 Å². The summed E-state index contributed by atoms with van der Waals surface area (Å²) in [4.78, 5) is 13.7. The Labute approximate surface area is 121 Å². The van der Waals surface area contributed by atoms with Crippen molar-refractivity contribution < 1.29 is 14.6 Å². The smallest absolute Gasteiger partial charge is 0.225 e. The number of nitrogens with zero attached hydrogens (tertiary/aromatic N) is 1. The van der Waals surface area contributed by atoms with Gasteiger partial charge in [0.05, 0.1) is 13.0 Å². The molecular weight excluding hydrogens is 254 g/mol. The minimum absolute atomic E-state index is 0.0752. The summed E-state index contributed by atoms with van der Waals surface area (Å²) in [6, 6.07) is 5.93. The average Bonchev–Trinajstić information content (AvgIpc) is 2.44. The van der Waals surface area contributed by atoms with Crippen molar-refractivity contribution in [3.8, 4) is 5.75 Å². The molecule has 0 unspecified atom stereocenters. The normalized spacial score (nSPS) is 10.4. The van der Waals surface area contributed by atoms with E-state index in [0.29, 0.717) is 32.5 Å². The molecule has 4 heteroatoms. The third-order valence-corrected chi connectivity index (χ3v) is 3.45. The highest BCUT2D eigenvalue weighted by Crippen LogP contribution is 2.20. The number of hydrogen-bond acceptors (Lipinski definition) is 3. The van der Waals surface area contributed by atoms with Gasteiger partial charge < -0.3 is 14.7 Å². The van der Waals surface area contributed by atoms with Gasteiger partial charge in [-0.25, -0.2) is 0 Å². The lowest BCUT2D eigenvalue weighted by Gasteiger charge is -2.20. The van der Waals surface area contributed by atoms with Crippen molar-refractivity contribution in [2.75, 3.05) is 26.3 Å². The van der Waals surface area contributed by atoms with E-state index in [1.165, 1.54) is 5.56 Å². The summed E-state index contributed by atoms with van der Waals surface area (Å²) in [6.07, 6.45) is 0.990. The second-order valence-electron chi connectivity index (χ2n) is 4.85. The van der Waals surface area contributed by atoms with Gasteiger partial charge in [-0.1, -0.05) is 12.1 Å². The average molecular weight is 279 g/mol. The van der Waals surface area contributed by atoms with Crippen molar-refractivity contribution in [1.29, 1.82) is 0 Å². The zero-order chi connectivity index (χ0) is 15.0. The fourth-order valence-electron chi connectivity index (χ4n) is 2.01. The minimum atomic E-state index is 0.0752. The van der Waals surface area contributed by atoms with Crippen LogP contribution in [0.1, 0.15) is 30.9 Å². The number of hydrogen-bond donors (Lipinski definition) is 1. The lowest BCUT2D eigenvalue weighted by Crippen LogP contribution is -2.33. The van der Waals surface area contributed by atoms with Gasteiger partial charge in [-0.3, -0.25) is 4.79 Å². The first-order valence-electron chi connectivity index (χ1n) is 7.17. The zero-order valence-electron chi connectivity index (χ0n) is 12.7. The SMILES string of the molecule is CCN(CCCO)C(=O)CCOc1cccc(C)c1C. The standard InChI is InChI=1S/C16H25NO3/c1-4-17(10-6-11-18)16(19)9-12-20-15-8-5-7-13(2)14(15)3/h5,7-8,18H,4,6,9-12H2,1-3H3. The Morgan fingerprint density at radius 2 is 2.10 bits per heavy atom. The number of carbonyl (C=O) groups is 1. The molecular formula is C16H25NO3. The number of ether oxygens (including phenoxy) is 1. The molecule has 0 heterocycles. The number of aliphatic hydroxyl groups excluding tert-OH is 1. The molecule has 112 valence electrons. The van der Waals surface area contributed by atoms with Gasteiger partial charge in [0.2, 0.25) is 5.91 Å². The number of rotatable bonds is 8. The monoisotopic (exact) mass is 279 g/mol. The molecule has 0 aliphatic carbocycles. The number of aliphatic hydroxyl groups is 1. The highest BCUT2D eigenvalue weighted by molar-refractivity contribution is 5.76. The molecule has 1 rings (SSSR count). The summed E-state index contributed by atoms with van der Waals surface area (Å²) in [7, 11) is 0. The van der Waals surface area contributed by atoms with Crippen molar-refractivity contribution in [1.82, 2.24) is 4.90 Å². The predicted molar refractivity (Wildman–Crippen MR) is 80.0 cm³/mol. The first-order valence-corrected chi connectivity index (χ1v) is 7.17. The lowest BCUT2D eigenvalue weighted by molar-refractivity contribution is -0.131. The van der Waals surface area contributed by atoms with E-state index >= 15 is 0 Å². The van der Waals surface area contributed by atoms with E-state index in [1.807, 2.05) is 39.0 Å². The number of aryl methyl sites for hydroxylation is 1. The largest absolute Gasteiger partial charge is 0.493 e. The highest BCUT2D eigenvalue weighted by Gasteiger charge is 2.11. The van der Waals surface area contributed by atoms with Gasteiger partial charge in [-0.05, 0) is 44.4 Å². The molecule has 0 fully saturated rings. The maximum Gasteiger partial charge on any atom is 0.225 e. The van der Waals surface area contributed by atoms with Gasteiger partial charge in [-0.15, -0.1) is 0 Å². The van der Waals surface area contributed by atoms with Crippen LogP contribution in [0.3, 0.4) is 0 Å². The quantitative estimate of drug-likeness (QED) is 0.794. The van der Waals surface area contributed by atoms with E-state index in [-0.39, 0.29) is 12.5 Å². The highest BCUT2D eigenvalue weighted by atomic mass is 16.5. The molecule has 0 aliphatic rings. The number of benzene rings is 1. The van der Waals surface area contributed by atoms with Gasteiger partial charge in [0.1, 0.15) is 5.75 Å². The maximum absolute atomic E-state index is 12.0. The zero-order valence-corrected chi connectivity index (χ0v) is 12.7. The van der Waals surface area contributed by atoms with Crippen LogP contribution in [0, 0.1) is 13.8 Å². The third kappa shape index (κ3) is 4.85. The first kappa shape index (κ1) is 16.5. The predicted octanol–water partition coefficient (Wildman–Crippen LogP) is 2.30. The first-order chi connectivity index (χ1) is 9.60. The molecule has 0 spiro atoms. The molecule has 1 amide bonds. The van der Waals surface area contributed by atoms with Crippen LogP contribution in [0.15, 0.2) is 18.2 Å². The second-order valence-corrected chi connectivity index (χ2v) is 4.85. The van der Waals surface area contributed by atoms with Crippen LogP contribution in [0.2, 0.25) is 0 Å². The van der Waals surface area contributed by atoms with Crippen molar-refractivity contribution >= 4 is 5.91 Å². The second kappa shape index (κ2) is 8.59. The van der Waals surface area contributed by atoms with Crippen molar-refractivity contribution in [2.45, 2.75) is 33.6 Å². The number of amides is 1. The van der Waals surface area contributed by atoms with Gasteiger partial charge in [0, 0.05) is 19.7 Å². The van der Waals surface area contributed by atoms with Gasteiger partial charge in [0.15, 0.2) is 0 Å². The molecule has 0 aromatic heterocycles. The molecule has 0 aliphatic heterocycles. The van der Waals surface area contributed by atoms with Crippen LogP contribution in [0.4, 0.5) is 0 Å². The van der Waals surface area contributed by atoms with Crippen LogP contribution in [0.25, 0.3) is 0 Å². The van der Waals surface area contributed by atoms with E-state index in [2.05, 4.69) is 0 Å². The van der Waals surface area contributed by atoms with Crippen molar-refractivity contribution in [2.24, 2.45) is 0 Å². The van der Waals surface area contributed by atoms with Gasteiger partial charge in [-0.2, -0.15) is 0 Å². The summed E-state index contributed by atoms with van der Waals surface area (Å²) in [6.45, 7) is 7.78. The van der Waals surface area contributed by atoms with E-state index < -0.39 is 0 Å². The molecule has 0 saturated heterocycles. The fraction of sp³-hybridized carbons (Fsp3) is 0.562. The Morgan fingerprint density at radius 3 is 2.75 bits per heavy atom. The summed E-state index contributed by atoms with van der Waals surface area (Å²) in [5.74, 6) is 0.919. The van der Waals surface area contributed by atoms with E-state index in [4.69, 9.17) is 9.84 Å². The van der Waals surface area contributed by atoms with E-state index in [9.17, 15) is 4.79 Å². The van der Waals surface area contributed by atoms with Crippen LogP contribution in [-0.2, 0) is 4.79 Å². The van der Waals surface area contributed by atoms with Crippen LogP contribution >= 0.6 is 0 Å². The molecule has 20 heavy (non-hydrogen) atoms. The molecule has 0 atom stereocenters. The van der Waals surface area contributed by atoms with Gasteiger partial charge in [0.25, 0.3) is 0 Å². The molecule has 0 bridgehead atoms. The van der Waals surface area contributed by atoms with E-state index in [1.54, 1.807) is 4.90 Å². The molecule has 0 saturated carbocycles. The topological polar surface area (TPSA) is 49.8 Å². The van der Waals surface area contributed by atoms with Crippen LogP contribution < -0.4 is 4.74 Å². The molecule has 1 N–H and O–H groups in total. The van der Waals surface area contributed by atoms with Crippen molar-refractivity contribution in [3.63, 3.8) is 0 Å². The van der Waals surface area contributed by atoms with E-state index in [0.717, 1.165) is 11.3 Å². The Bertz CT molecular complexity index is 432. The number of carbonyl (C=O) groups excluding carboxylic acids is 1. The molecule has 1 aromatic rings. The molecule has 1 aromatic carbocycles. The third-order valence-electron chi connectivity index (χ3n) is 3.45. The maximum atomic E-state index is 12.0. The van der Waals surface area contributed by atoms with Crippen LogP contribution in [0.5, 0.6) is 5.75 Å². The summed E-state index contributed by atoms with van der Waals surface area (Å²) in [5.41, 5.74) is 2.31. The Hall–Kier alpha value is -1.55. The summed E-state index contributed by atoms with van der Waals surface area (Å²) >= 11 is 0. The Kier molecular flexibility index (Phi) is 7.09. The van der Waals surface area contributed by atoms with Crippen LogP contribution in [-0.4, -0.2) is 42.2 Å². The lowest BCUT2D eigenvalue weighted by atomic mass is 10.1. The summed E-state index contributed by atoms with van der Waals surface area (Å²) in [5, 5.41) is 8.81. The molecule has 4 nitrogen and oxygen atoms in total. The van der Waals surface area contributed by atoms with Gasteiger partial charge >= 0.3 is 0 Å². The Morgan fingerprint density at radius 1 is 1.35 bits per heavy atom. The summed E-state index contributed by atoms with van der Waals surface area (Å²) < 4.78 is 5.69. The Balaban J connectivity index is 2.43. The fourth-order valence-corrected chi connectivity index (χ4v) is 2.01.